The van der Waals surface area contributed by atoms with Gasteiger partial charge in [0, 0.05) is 11.9 Å². The number of benzene rings is 3. The maximum atomic E-state index is 12.6. The fraction of sp³-hybridized carbons (Fsp3) is 0.292. The number of fused-ring (bicyclic) bond motifs is 1. The highest BCUT2D eigenvalue weighted by Crippen LogP contribution is 2.26. The zero-order valence-electron chi connectivity index (χ0n) is 16.5. The minimum atomic E-state index is -0.498. The number of methoxy groups -OCH3 is 1. The van der Waals surface area contributed by atoms with E-state index in [1.165, 1.54) is 5.56 Å². The Labute approximate surface area is 166 Å². The second-order valence-electron chi connectivity index (χ2n) is 6.74. The van der Waals surface area contributed by atoms with E-state index in [-0.39, 0.29) is 5.91 Å². The fourth-order valence-electron chi connectivity index (χ4n) is 3.22. The van der Waals surface area contributed by atoms with Crippen LogP contribution in [0.15, 0.2) is 66.7 Å². The van der Waals surface area contributed by atoms with Crippen LogP contribution in [0, 0.1) is 0 Å². The summed E-state index contributed by atoms with van der Waals surface area (Å²) in [4.78, 5) is 12.6. The van der Waals surface area contributed by atoms with Gasteiger partial charge in [0.15, 0.2) is 6.10 Å². The van der Waals surface area contributed by atoms with Crippen LogP contribution in [-0.2, 0) is 11.2 Å². The Balaban J connectivity index is 1.53. The van der Waals surface area contributed by atoms with Gasteiger partial charge >= 0.3 is 0 Å². The summed E-state index contributed by atoms with van der Waals surface area (Å²) in [5.41, 5.74) is 1.20. The monoisotopic (exact) mass is 377 g/mol. The van der Waals surface area contributed by atoms with Gasteiger partial charge in [-0.2, -0.15) is 0 Å². The van der Waals surface area contributed by atoms with Gasteiger partial charge in [-0.3, -0.25) is 4.79 Å². The van der Waals surface area contributed by atoms with Gasteiger partial charge in [-0.15, -0.1) is 0 Å². The van der Waals surface area contributed by atoms with E-state index in [4.69, 9.17) is 9.47 Å². The summed E-state index contributed by atoms with van der Waals surface area (Å²) >= 11 is 0. The second kappa shape index (κ2) is 9.79. The normalized spacial score (nSPS) is 11.8. The van der Waals surface area contributed by atoms with Crippen molar-refractivity contribution in [2.24, 2.45) is 0 Å². The van der Waals surface area contributed by atoms with Crippen molar-refractivity contribution in [3.63, 3.8) is 0 Å². The summed E-state index contributed by atoms with van der Waals surface area (Å²) in [6.07, 6.45) is 1.87. The quantitative estimate of drug-likeness (QED) is 0.547. The summed E-state index contributed by atoms with van der Waals surface area (Å²) in [6, 6.07) is 22.0. The van der Waals surface area contributed by atoms with Crippen molar-refractivity contribution >= 4 is 16.7 Å². The molecule has 0 unspecified atom stereocenters. The van der Waals surface area contributed by atoms with E-state index in [2.05, 4.69) is 11.4 Å². The van der Waals surface area contributed by atoms with E-state index in [1.54, 1.807) is 7.11 Å². The van der Waals surface area contributed by atoms with Gasteiger partial charge in [-0.05, 0) is 48.4 Å². The predicted octanol–water partition coefficient (Wildman–Crippen LogP) is 4.75. The van der Waals surface area contributed by atoms with E-state index in [0.29, 0.717) is 13.0 Å². The molecule has 0 radical (unpaired) electrons. The molecule has 0 heterocycles. The minimum absolute atomic E-state index is 0.0684. The largest absolute Gasteiger partial charge is 0.497 e. The Morgan fingerprint density at radius 3 is 2.64 bits per heavy atom. The topological polar surface area (TPSA) is 47.6 Å². The highest BCUT2D eigenvalue weighted by Gasteiger charge is 2.18. The fourth-order valence-corrected chi connectivity index (χ4v) is 3.22. The molecule has 4 nitrogen and oxygen atoms in total. The molecule has 0 spiro atoms. The number of nitrogens with one attached hydrogen (secondary N) is 1. The molecular weight excluding hydrogens is 350 g/mol. The van der Waals surface area contributed by atoms with E-state index in [0.717, 1.165) is 35.1 Å². The lowest BCUT2D eigenvalue weighted by Crippen LogP contribution is -2.38. The molecular formula is C24H27NO3. The molecule has 0 bridgehead atoms. The van der Waals surface area contributed by atoms with Crippen molar-refractivity contribution in [3.8, 4) is 11.5 Å². The minimum Gasteiger partial charge on any atom is -0.497 e. The smallest absolute Gasteiger partial charge is 0.261 e. The van der Waals surface area contributed by atoms with Crippen LogP contribution in [0.2, 0.25) is 0 Å². The van der Waals surface area contributed by atoms with E-state index < -0.39 is 6.10 Å². The summed E-state index contributed by atoms with van der Waals surface area (Å²) < 4.78 is 11.3. The highest BCUT2D eigenvalue weighted by atomic mass is 16.5. The molecule has 0 aliphatic carbocycles. The first kappa shape index (κ1) is 19.7. The van der Waals surface area contributed by atoms with Gasteiger partial charge in [0.05, 0.1) is 7.11 Å². The van der Waals surface area contributed by atoms with E-state index in [9.17, 15) is 4.79 Å². The zero-order valence-corrected chi connectivity index (χ0v) is 16.5. The van der Waals surface area contributed by atoms with Crippen LogP contribution in [0.1, 0.15) is 25.3 Å². The Morgan fingerprint density at radius 1 is 1.04 bits per heavy atom. The van der Waals surface area contributed by atoms with Gasteiger partial charge in [-0.1, -0.05) is 55.5 Å². The van der Waals surface area contributed by atoms with Crippen molar-refractivity contribution in [2.75, 3.05) is 13.7 Å². The standard InChI is InChI=1S/C24H27NO3/c1-3-22(28-23-15-7-12-19-11-4-5-14-21(19)23)24(26)25-16-8-10-18-9-6-13-20(17-18)27-2/h4-7,9,11-15,17,22H,3,8,10,16H2,1-2H3,(H,25,26)/t22-/m0/s1. The SMILES string of the molecule is CC[C@H](Oc1cccc2ccccc12)C(=O)NCCCc1cccc(OC)c1. The number of rotatable bonds is 9. The molecule has 0 aliphatic heterocycles. The summed E-state index contributed by atoms with van der Waals surface area (Å²) in [5, 5.41) is 5.13. The van der Waals surface area contributed by atoms with Gasteiger partial charge in [0.25, 0.3) is 5.91 Å². The molecule has 0 saturated heterocycles. The second-order valence-corrected chi connectivity index (χ2v) is 6.74. The third-order valence-corrected chi connectivity index (χ3v) is 4.76. The number of amides is 1. The lowest BCUT2D eigenvalue weighted by atomic mass is 10.1. The molecule has 3 aromatic carbocycles. The molecule has 146 valence electrons. The molecule has 3 aromatic rings. The van der Waals surface area contributed by atoms with Crippen molar-refractivity contribution < 1.29 is 14.3 Å². The van der Waals surface area contributed by atoms with Crippen LogP contribution in [0.25, 0.3) is 10.8 Å². The van der Waals surface area contributed by atoms with Crippen LogP contribution in [0.3, 0.4) is 0 Å². The van der Waals surface area contributed by atoms with Gasteiger partial charge in [0.1, 0.15) is 11.5 Å². The molecule has 0 aromatic heterocycles. The lowest BCUT2D eigenvalue weighted by Gasteiger charge is -2.18. The maximum Gasteiger partial charge on any atom is 0.261 e. The van der Waals surface area contributed by atoms with Crippen LogP contribution in [-0.4, -0.2) is 25.7 Å². The van der Waals surface area contributed by atoms with Crippen molar-refractivity contribution in [1.29, 1.82) is 0 Å². The molecule has 0 saturated carbocycles. The third kappa shape index (κ3) is 5.03. The molecule has 1 atom stereocenters. The molecule has 1 amide bonds. The van der Waals surface area contributed by atoms with Crippen LogP contribution >= 0.6 is 0 Å². The third-order valence-electron chi connectivity index (χ3n) is 4.76. The number of carbonyl (C=O) groups is 1. The van der Waals surface area contributed by atoms with E-state index >= 15 is 0 Å². The van der Waals surface area contributed by atoms with Crippen molar-refractivity contribution in [2.45, 2.75) is 32.3 Å². The number of aryl methyl sites for hydroxylation is 1. The molecule has 4 heteroatoms. The average molecular weight is 377 g/mol. The van der Waals surface area contributed by atoms with Crippen molar-refractivity contribution in [3.05, 3.63) is 72.3 Å². The first-order chi connectivity index (χ1) is 13.7. The number of ether oxygens (including phenoxy) is 2. The molecule has 28 heavy (non-hydrogen) atoms. The van der Waals surface area contributed by atoms with Gasteiger partial charge in [-0.25, -0.2) is 0 Å². The number of hydrogen-bond donors (Lipinski definition) is 1. The number of hydrogen-bond acceptors (Lipinski definition) is 3. The Morgan fingerprint density at radius 2 is 1.82 bits per heavy atom. The Kier molecular flexibility index (Phi) is 6.90. The molecule has 0 aliphatic rings. The molecule has 1 N–H and O–H groups in total. The predicted molar refractivity (Wildman–Crippen MR) is 113 cm³/mol. The first-order valence-corrected chi connectivity index (χ1v) is 9.76. The first-order valence-electron chi connectivity index (χ1n) is 9.76. The van der Waals surface area contributed by atoms with Crippen LogP contribution in [0.4, 0.5) is 0 Å². The summed E-state index contributed by atoms with van der Waals surface area (Å²) in [7, 11) is 1.67. The average Bonchev–Trinajstić information content (AvgIpc) is 2.75. The van der Waals surface area contributed by atoms with E-state index in [1.807, 2.05) is 67.6 Å². The van der Waals surface area contributed by atoms with Gasteiger partial charge < -0.3 is 14.8 Å². The molecule has 0 fully saturated rings. The van der Waals surface area contributed by atoms with Crippen molar-refractivity contribution in [1.82, 2.24) is 5.32 Å². The summed E-state index contributed by atoms with van der Waals surface area (Å²) in [6.45, 7) is 2.58. The summed E-state index contributed by atoms with van der Waals surface area (Å²) in [5.74, 6) is 1.54. The highest BCUT2D eigenvalue weighted by molar-refractivity contribution is 5.89. The number of carbonyl (C=O) groups excluding carboxylic acids is 1. The lowest BCUT2D eigenvalue weighted by molar-refractivity contribution is -0.128. The van der Waals surface area contributed by atoms with Crippen LogP contribution < -0.4 is 14.8 Å². The maximum absolute atomic E-state index is 12.6. The Hall–Kier alpha value is -3.01. The van der Waals surface area contributed by atoms with Gasteiger partial charge in [0.2, 0.25) is 0 Å². The molecule has 3 rings (SSSR count). The Bertz CT molecular complexity index is 917. The zero-order chi connectivity index (χ0) is 19.8. The van der Waals surface area contributed by atoms with Crippen LogP contribution in [0.5, 0.6) is 11.5 Å².